The molecular formula is C17H16N4O3. The van der Waals surface area contributed by atoms with Gasteiger partial charge in [-0.2, -0.15) is 0 Å². The molecule has 0 saturated heterocycles. The van der Waals surface area contributed by atoms with E-state index in [1.807, 2.05) is 0 Å². The molecule has 1 aromatic heterocycles. The van der Waals surface area contributed by atoms with E-state index in [-0.39, 0.29) is 6.54 Å². The fourth-order valence-corrected chi connectivity index (χ4v) is 1.83. The Labute approximate surface area is 138 Å². The van der Waals surface area contributed by atoms with Crippen LogP contribution in [0.3, 0.4) is 0 Å². The molecule has 122 valence electrons. The maximum Gasteiger partial charge on any atom is 0.251 e. The molecule has 0 aliphatic heterocycles. The quantitative estimate of drug-likeness (QED) is 0.638. The third-order valence-corrected chi connectivity index (χ3v) is 3.13. The predicted octanol–water partition coefficient (Wildman–Crippen LogP) is -0.505. The molecule has 1 heterocycles. The van der Waals surface area contributed by atoms with Crippen molar-refractivity contribution < 1.29 is 14.7 Å². The van der Waals surface area contributed by atoms with Crippen LogP contribution in [0.25, 0.3) is 0 Å². The predicted molar refractivity (Wildman–Crippen MR) is 86.9 cm³/mol. The zero-order valence-corrected chi connectivity index (χ0v) is 12.8. The van der Waals surface area contributed by atoms with Crippen molar-refractivity contribution >= 4 is 11.7 Å². The highest BCUT2D eigenvalue weighted by molar-refractivity contribution is 5.98. The molecule has 7 heteroatoms. The molecule has 0 saturated carbocycles. The second-order valence-corrected chi connectivity index (χ2v) is 4.80. The number of benzene rings is 1. The second kappa shape index (κ2) is 8.53. The number of hydrogen-bond donors (Lipinski definition) is 3. The fraction of sp³-hybridized carbons (Fsp3) is 0.176. The lowest BCUT2D eigenvalue weighted by Crippen LogP contribution is -2.46. The molecule has 1 amide bonds. The minimum absolute atomic E-state index is 0.0766. The molecule has 7 nitrogen and oxygen atoms in total. The van der Waals surface area contributed by atoms with Gasteiger partial charge in [-0.3, -0.25) is 14.6 Å². The average Bonchev–Trinajstić information content (AvgIpc) is 2.64. The molecule has 2 rings (SSSR count). The normalized spacial score (nSPS) is 11.1. The van der Waals surface area contributed by atoms with E-state index in [0.29, 0.717) is 16.8 Å². The van der Waals surface area contributed by atoms with E-state index in [0.717, 1.165) is 0 Å². The van der Waals surface area contributed by atoms with E-state index in [9.17, 15) is 9.59 Å². The van der Waals surface area contributed by atoms with E-state index in [1.165, 1.54) is 0 Å². The lowest BCUT2D eigenvalue weighted by atomic mass is 10.1. The topological polar surface area (TPSA) is 118 Å². The number of aliphatic hydroxyl groups is 1. The first kappa shape index (κ1) is 17.3. The number of aromatic nitrogens is 2. The lowest BCUT2D eigenvalue weighted by Gasteiger charge is -2.14. The summed E-state index contributed by atoms with van der Waals surface area (Å²) in [5.74, 6) is 4.80. The fourth-order valence-electron chi connectivity index (χ4n) is 1.83. The van der Waals surface area contributed by atoms with Crippen molar-refractivity contribution in [3.8, 4) is 11.8 Å². The van der Waals surface area contributed by atoms with Crippen LogP contribution in [0.1, 0.15) is 21.6 Å². The van der Waals surface area contributed by atoms with Gasteiger partial charge in [-0.1, -0.05) is 5.92 Å². The van der Waals surface area contributed by atoms with Crippen LogP contribution in [0.15, 0.2) is 42.9 Å². The van der Waals surface area contributed by atoms with Crippen LogP contribution in [0.4, 0.5) is 0 Å². The highest BCUT2D eigenvalue weighted by Gasteiger charge is 2.18. The largest absolute Gasteiger partial charge is 0.388 e. The van der Waals surface area contributed by atoms with Crippen LogP contribution in [0, 0.1) is 11.8 Å². The molecule has 0 aliphatic carbocycles. The highest BCUT2D eigenvalue weighted by atomic mass is 16.3. The van der Waals surface area contributed by atoms with E-state index >= 15 is 0 Å². The van der Waals surface area contributed by atoms with Crippen LogP contribution in [-0.2, 0) is 4.79 Å². The number of nitrogens with two attached hydrogens (primary N) is 1. The molecule has 1 atom stereocenters. The molecule has 0 spiro atoms. The summed E-state index contributed by atoms with van der Waals surface area (Å²) >= 11 is 0. The van der Waals surface area contributed by atoms with Crippen molar-refractivity contribution in [1.29, 1.82) is 0 Å². The summed E-state index contributed by atoms with van der Waals surface area (Å²) in [5, 5.41) is 11.3. The Kier molecular flexibility index (Phi) is 6.14. The van der Waals surface area contributed by atoms with Crippen molar-refractivity contribution in [1.82, 2.24) is 15.3 Å². The van der Waals surface area contributed by atoms with Crippen LogP contribution >= 0.6 is 0 Å². The smallest absolute Gasteiger partial charge is 0.251 e. The molecule has 1 aromatic carbocycles. The minimum Gasteiger partial charge on any atom is -0.388 e. The van der Waals surface area contributed by atoms with E-state index < -0.39 is 24.3 Å². The third-order valence-electron chi connectivity index (χ3n) is 3.13. The molecule has 4 N–H and O–H groups in total. The maximum absolute atomic E-state index is 12.1. The summed E-state index contributed by atoms with van der Waals surface area (Å²) in [5.41, 5.74) is 7.04. The number of hydrogen-bond acceptors (Lipinski definition) is 6. The van der Waals surface area contributed by atoms with Gasteiger partial charge in [0.15, 0.2) is 5.78 Å². The zero-order valence-electron chi connectivity index (χ0n) is 12.8. The van der Waals surface area contributed by atoms with Gasteiger partial charge in [-0.25, -0.2) is 4.98 Å². The highest BCUT2D eigenvalue weighted by Crippen LogP contribution is 2.04. The second-order valence-electron chi connectivity index (χ2n) is 4.80. The van der Waals surface area contributed by atoms with Crippen molar-refractivity contribution in [2.75, 3.05) is 13.2 Å². The molecule has 24 heavy (non-hydrogen) atoms. The summed E-state index contributed by atoms with van der Waals surface area (Å²) < 4.78 is 0. The maximum atomic E-state index is 12.1. The van der Waals surface area contributed by atoms with E-state index in [1.54, 1.807) is 42.9 Å². The van der Waals surface area contributed by atoms with Gasteiger partial charge >= 0.3 is 0 Å². The Balaban J connectivity index is 2.05. The Morgan fingerprint density at radius 2 is 1.96 bits per heavy atom. The Morgan fingerprint density at radius 1 is 1.21 bits per heavy atom. The summed E-state index contributed by atoms with van der Waals surface area (Å²) in [6.07, 6.45) is 4.67. The first-order chi connectivity index (χ1) is 11.6. The Hall–Kier alpha value is -3.08. The number of rotatable bonds is 5. The standard InChI is InChI=1S/C17H16N4O3/c18-9-15(16(23)11-22)21-17(24)13-4-1-12(2-5-13)3-6-14-10-19-7-8-20-14/h1-2,4-5,7-8,10,15,22H,9,11,18H2,(H,21,24)/t15-/m0/s1. The van der Waals surface area contributed by atoms with Gasteiger partial charge < -0.3 is 16.2 Å². The van der Waals surface area contributed by atoms with Crippen molar-refractivity contribution in [3.63, 3.8) is 0 Å². The van der Waals surface area contributed by atoms with Crippen molar-refractivity contribution in [2.24, 2.45) is 5.73 Å². The first-order valence-corrected chi connectivity index (χ1v) is 7.16. The van der Waals surface area contributed by atoms with Crippen LogP contribution in [0.5, 0.6) is 0 Å². The van der Waals surface area contributed by atoms with Gasteiger partial charge in [-0.15, -0.1) is 0 Å². The summed E-state index contributed by atoms with van der Waals surface area (Å²) in [6.45, 7) is -0.744. The average molecular weight is 324 g/mol. The number of carbonyl (C=O) groups is 2. The molecule has 0 aliphatic rings. The van der Waals surface area contributed by atoms with Gasteiger partial charge in [0.2, 0.25) is 0 Å². The zero-order chi connectivity index (χ0) is 17.4. The SMILES string of the molecule is NC[C@H](NC(=O)c1ccc(C#Cc2cnccn2)cc1)C(=O)CO. The summed E-state index contributed by atoms with van der Waals surface area (Å²) in [7, 11) is 0. The number of Topliss-reactive ketones (excluding diaryl/α,β-unsaturated/α-hetero) is 1. The number of nitrogens with one attached hydrogen (secondary N) is 1. The van der Waals surface area contributed by atoms with Crippen molar-refractivity contribution in [3.05, 3.63) is 59.7 Å². The minimum atomic E-state index is -0.904. The van der Waals surface area contributed by atoms with Gasteiger partial charge in [0, 0.05) is 30.1 Å². The molecule has 2 aromatic rings. The number of nitrogens with zero attached hydrogens (tertiary/aromatic N) is 2. The van der Waals surface area contributed by atoms with Gasteiger partial charge in [0.25, 0.3) is 5.91 Å². The molecule has 0 unspecified atom stereocenters. The molecule has 0 radical (unpaired) electrons. The Bertz CT molecular complexity index is 764. The molecular weight excluding hydrogens is 308 g/mol. The van der Waals surface area contributed by atoms with E-state index in [2.05, 4.69) is 27.1 Å². The van der Waals surface area contributed by atoms with Crippen molar-refractivity contribution in [2.45, 2.75) is 6.04 Å². The monoisotopic (exact) mass is 324 g/mol. The summed E-state index contributed by atoms with van der Waals surface area (Å²) in [6, 6.07) is 5.64. The van der Waals surface area contributed by atoms with Crippen LogP contribution in [-0.4, -0.2) is 46.0 Å². The van der Waals surface area contributed by atoms with Crippen LogP contribution < -0.4 is 11.1 Å². The number of carbonyl (C=O) groups excluding carboxylic acids is 2. The number of aliphatic hydroxyl groups excluding tert-OH is 1. The first-order valence-electron chi connectivity index (χ1n) is 7.16. The summed E-state index contributed by atoms with van der Waals surface area (Å²) in [4.78, 5) is 31.4. The number of ketones is 1. The molecule has 0 fully saturated rings. The van der Waals surface area contributed by atoms with Crippen LogP contribution in [0.2, 0.25) is 0 Å². The molecule has 0 bridgehead atoms. The van der Waals surface area contributed by atoms with Gasteiger partial charge in [0.05, 0.1) is 6.20 Å². The van der Waals surface area contributed by atoms with Gasteiger partial charge in [-0.05, 0) is 30.2 Å². The van der Waals surface area contributed by atoms with E-state index in [4.69, 9.17) is 10.8 Å². The van der Waals surface area contributed by atoms with Gasteiger partial charge in [0.1, 0.15) is 18.3 Å². The number of amides is 1. The third kappa shape index (κ3) is 4.71. The Morgan fingerprint density at radius 3 is 2.54 bits per heavy atom. The lowest BCUT2D eigenvalue weighted by molar-refractivity contribution is -0.123.